The minimum absolute atomic E-state index is 0.0749. The highest BCUT2D eigenvalue weighted by Crippen LogP contribution is 2.35. The Morgan fingerprint density at radius 2 is 1.85 bits per heavy atom. The Bertz CT molecular complexity index is 677. The lowest BCUT2D eigenvalue weighted by molar-refractivity contribution is 0.108. The van der Waals surface area contributed by atoms with E-state index in [2.05, 4.69) is 25.8 Å². The molecule has 146 valence electrons. The second kappa shape index (κ2) is 10.1. The first kappa shape index (κ1) is 20.9. The van der Waals surface area contributed by atoms with Crippen LogP contribution >= 0.6 is 12.6 Å². The molecule has 7 heteroatoms. The van der Waals surface area contributed by atoms with Crippen molar-refractivity contribution >= 4 is 24.8 Å². The van der Waals surface area contributed by atoms with Gasteiger partial charge in [0, 0.05) is 25.4 Å². The Balaban J connectivity index is 2.02. The molecule has 0 N–H and O–H groups in total. The number of carbonyl (C=O) groups is 2. The summed E-state index contributed by atoms with van der Waals surface area (Å²) in [5, 5.41) is 0.108. The molecule has 27 heavy (non-hydrogen) atoms. The Morgan fingerprint density at radius 3 is 2.48 bits per heavy atom. The summed E-state index contributed by atoms with van der Waals surface area (Å²) in [5.74, 6) is 0. The van der Waals surface area contributed by atoms with Crippen LogP contribution in [0.4, 0.5) is 9.59 Å². The molecule has 1 saturated heterocycles. The van der Waals surface area contributed by atoms with Gasteiger partial charge in [-0.15, -0.1) is 0 Å². The standard InChI is InChI=1S/C20H26N2O4S/c1-4-10-25-19(23)21(3)13-15-6-8-16(9-7-15)18-12-17(27)14-22(18)20(24)26-11-5-2/h4-9,17-18,27H,1-2,10-14H2,3H3/t17-,18+/m1/s1. The fourth-order valence-corrected chi connectivity index (χ4v) is 3.34. The van der Waals surface area contributed by atoms with Crippen molar-refractivity contribution in [2.75, 3.05) is 26.8 Å². The molecule has 6 nitrogen and oxygen atoms in total. The summed E-state index contributed by atoms with van der Waals surface area (Å²) in [7, 11) is 1.68. The topological polar surface area (TPSA) is 59.1 Å². The van der Waals surface area contributed by atoms with Gasteiger partial charge in [-0.2, -0.15) is 12.6 Å². The van der Waals surface area contributed by atoms with Crippen LogP contribution in [-0.2, 0) is 16.0 Å². The van der Waals surface area contributed by atoms with E-state index in [0.717, 1.165) is 17.5 Å². The Kier molecular flexibility index (Phi) is 7.79. The van der Waals surface area contributed by atoms with Crippen molar-refractivity contribution in [1.29, 1.82) is 0 Å². The predicted octanol–water partition coefficient (Wildman–Crippen LogP) is 3.81. The molecule has 2 atom stereocenters. The van der Waals surface area contributed by atoms with E-state index in [-0.39, 0.29) is 30.6 Å². The molecule has 0 unspecified atom stereocenters. The van der Waals surface area contributed by atoms with Crippen LogP contribution in [-0.4, -0.2) is 54.0 Å². The average molecular weight is 391 g/mol. The van der Waals surface area contributed by atoms with Gasteiger partial charge in [0.25, 0.3) is 0 Å². The third kappa shape index (κ3) is 5.79. The number of rotatable bonds is 7. The number of carbonyl (C=O) groups excluding carboxylic acids is 2. The molecule has 0 aliphatic carbocycles. The molecule has 1 aliphatic rings. The maximum atomic E-state index is 12.3. The second-order valence-electron chi connectivity index (χ2n) is 6.39. The van der Waals surface area contributed by atoms with Gasteiger partial charge in [0.15, 0.2) is 0 Å². The van der Waals surface area contributed by atoms with E-state index < -0.39 is 6.09 Å². The van der Waals surface area contributed by atoms with E-state index in [1.54, 1.807) is 18.0 Å². The quantitative estimate of drug-likeness (QED) is 0.568. The first-order chi connectivity index (χ1) is 13.0. The SMILES string of the molecule is C=CCOC(=O)N(C)Cc1ccc([C@@H]2C[C@@H](S)CN2C(=O)OCC=C)cc1. The van der Waals surface area contributed by atoms with E-state index >= 15 is 0 Å². The summed E-state index contributed by atoms with van der Waals surface area (Å²) in [6, 6.07) is 7.77. The fraction of sp³-hybridized carbons (Fsp3) is 0.400. The molecule has 2 rings (SSSR count). The molecule has 0 spiro atoms. The summed E-state index contributed by atoms with van der Waals surface area (Å²) in [4.78, 5) is 27.3. The third-order valence-electron chi connectivity index (χ3n) is 4.26. The summed E-state index contributed by atoms with van der Waals surface area (Å²) in [6.45, 7) is 8.43. The van der Waals surface area contributed by atoms with Gasteiger partial charge in [0.05, 0.1) is 6.04 Å². The lowest BCUT2D eigenvalue weighted by Crippen LogP contribution is -2.32. The molecule has 1 fully saturated rings. The lowest BCUT2D eigenvalue weighted by Gasteiger charge is -2.24. The van der Waals surface area contributed by atoms with Gasteiger partial charge in [-0.25, -0.2) is 9.59 Å². The average Bonchev–Trinajstić information content (AvgIpc) is 3.06. The van der Waals surface area contributed by atoms with Crippen LogP contribution in [0.2, 0.25) is 0 Å². The highest BCUT2D eigenvalue weighted by atomic mass is 32.1. The number of nitrogens with zero attached hydrogens (tertiary/aromatic N) is 2. The number of ether oxygens (including phenoxy) is 2. The van der Waals surface area contributed by atoms with Gasteiger partial charge in [0.1, 0.15) is 13.2 Å². The first-order valence-electron chi connectivity index (χ1n) is 8.76. The van der Waals surface area contributed by atoms with Crippen LogP contribution in [0.15, 0.2) is 49.6 Å². The molecule has 0 radical (unpaired) electrons. The molecule has 1 heterocycles. The van der Waals surface area contributed by atoms with Crippen molar-refractivity contribution in [2.24, 2.45) is 0 Å². The zero-order valence-corrected chi connectivity index (χ0v) is 16.4. The van der Waals surface area contributed by atoms with Crippen LogP contribution in [0.1, 0.15) is 23.6 Å². The Labute approximate surface area is 165 Å². The first-order valence-corrected chi connectivity index (χ1v) is 9.27. The lowest BCUT2D eigenvalue weighted by atomic mass is 10.0. The van der Waals surface area contributed by atoms with Crippen molar-refractivity contribution in [3.8, 4) is 0 Å². The monoisotopic (exact) mass is 390 g/mol. The van der Waals surface area contributed by atoms with E-state index in [1.165, 1.54) is 11.0 Å². The molecule has 1 aliphatic heterocycles. The number of amides is 2. The van der Waals surface area contributed by atoms with Gasteiger partial charge in [0.2, 0.25) is 0 Å². The van der Waals surface area contributed by atoms with Crippen molar-refractivity contribution in [3.05, 3.63) is 60.7 Å². The summed E-state index contributed by atoms with van der Waals surface area (Å²) >= 11 is 4.53. The highest BCUT2D eigenvalue weighted by molar-refractivity contribution is 7.81. The van der Waals surface area contributed by atoms with E-state index in [9.17, 15) is 9.59 Å². The van der Waals surface area contributed by atoms with Gasteiger partial charge in [-0.3, -0.25) is 0 Å². The maximum absolute atomic E-state index is 12.3. The van der Waals surface area contributed by atoms with Gasteiger partial charge < -0.3 is 19.3 Å². The smallest absolute Gasteiger partial charge is 0.410 e. The van der Waals surface area contributed by atoms with Crippen LogP contribution in [0.3, 0.4) is 0 Å². The Hall–Kier alpha value is -2.41. The van der Waals surface area contributed by atoms with Crippen molar-refractivity contribution in [1.82, 2.24) is 9.80 Å². The van der Waals surface area contributed by atoms with Crippen LogP contribution in [0.5, 0.6) is 0 Å². The minimum atomic E-state index is -0.399. The molecule has 1 aromatic carbocycles. The number of hydrogen-bond donors (Lipinski definition) is 1. The molecule has 2 amide bonds. The normalized spacial score (nSPS) is 18.7. The number of thiol groups is 1. The molecular weight excluding hydrogens is 364 g/mol. The second-order valence-corrected chi connectivity index (χ2v) is 7.12. The number of benzene rings is 1. The van der Waals surface area contributed by atoms with Crippen molar-refractivity contribution < 1.29 is 19.1 Å². The molecular formula is C20H26N2O4S. The zero-order chi connectivity index (χ0) is 19.8. The number of hydrogen-bond acceptors (Lipinski definition) is 5. The molecule has 0 bridgehead atoms. The van der Waals surface area contributed by atoms with Crippen molar-refractivity contribution in [2.45, 2.75) is 24.3 Å². The van der Waals surface area contributed by atoms with Gasteiger partial charge >= 0.3 is 12.2 Å². The fourth-order valence-electron chi connectivity index (χ4n) is 2.97. The van der Waals surface area contributed by atoms with Gasteiger partial charge in [-0.1, -0.05) is 49.6 Å². The van der Waals surface area contributed by atoms with Gasteiger partial charge in [-0.05, 0) is 17.5 Å². The maximum Gasteiger partial charge on any atom is 0.410 e. The van der Waals surface area contributed by atoms with Crippen molar-refractivity contribution in [3.63, 3.8) is 0 Å². The van der Waals surface area contributed by atoms with Crippen LogP contribution < -0.4 is 0 Å². The van der Waals surface area contributed by atoms with Crippen LogP contribution in [0.25, 0.3) is 0 Å². The van der Waals surface area contributed by atoms with Crippen LogP contribution in [0, 0.1) is 0 Å². The summed E-state index contributed by atoms with van der Waals surface area (Å²) in [5.41, 5.74) is 1.99. The third-order valence-corrected chi connectivity index (χ3v) is 4.63. The molecule has 1 aromatic rings. The summed E-state index contributed by atoms with van der Waals surface area (Å²) < 4.78 is 10.2. The number of likely N-dealkylation sites (tertiary alicyclic amines) is 1. The largest absolute Gasteiger partial charge is 0.445 e. The van der Waals surface area contributed by atoms with E-state index in [4.69, 9.17) is 9.47 Å². The summed E-state index contributed by atoms with van der Waals surface area (Å²) in [6.07, 6.45) is 3.09. The highest BCUT2D eigenvalue weighted by Gasteiger charge is 2.35. The molecule has 0 saturated carbocycles. The van der Waals surface area contributed by atoms with E-state index in [1.807, 2.05) is 24.3 Å². The van der Waals surface area contributed by atoms with E-state index in [0.29, 0.717) is 13.1 Å². The molecule has 0 aromatic heterocycles. The predicted molar refractivity (Wildman–Crippen MR) is 108 cm³/mol. The Morgan fingerprint density at radius 1 is 1.22 bits per heavy atom. The minimum Gasteiger partial charge on any atom is -0.445 e. The zero-order valence-electron chi connectivity index (χ0n) is 15.5.